The maximum absolute atomic E-state index is 13.4. The Hall–Kier alpha value is -3.29. The van der Waals surface area contributed by atoms with E-state index >= 15 is 0 Å². The number of amides is 2. The minimum Gasteiger partial charge on any atom is -0.495 e. The number of anilines is 3. The summed E-state index contributed by atoms with van der Waals surface area (Å²) >= 11 is 12.1. The standard InChI is InChI=1S/C23H20Cl2FN3O3/c1-13(22(30)28-19-11-15(24)6-8-18(19)25)27-17-7-9-21(32-2)20(12-17)29-23(31)14-4-3-5-16(26)10-14/h3-13,27H,1-2H3,(H,28,30)(H,29,31). The van der Waals surface area contributed by atoms with Crippen molar-refractivity contribution in [2.24, 2.45) is 0 Å². The second kappa shape index (κ2) is 10.3. The van der Waals surface area contributed by atoms with Crippen LogP contribution in [0.25, 0.3) is 0 Å². The molecular weight excluding hydrogens is 456 g/mol. The highest BCUT2D eigenvalue weighted by molar-refractivity contribution is 6.35. The van der Waals surface area contributed by atoms with Gasteiger partial charge in [0.1, 0.15) is 17.6 Å². The van der Waals surface area contributed by atoms with E-state index in [4.69, 9.17) is 27.9 Å². The van der Waals surface area contributed by atoms with E-state index < -0.39 is 17.8 Å². The van der Waals surface area contributed by atoms with Crippen molar-refractivity contribution in [3.05, 3.63) is 82.1 Å². The van der Waals surface area contributed by atoms with Crippen LogP contribution in [0.1, 0.15) is 17.3 Å². The van der Waals surface area contributed by atoms with Gasteiger partial charge in [-0.2, -0.15) is 0 Å². The molecule has 0 fully saturated rings. The number of halogens is 3. The van der Waals surface area contributed by atoms with Crippen molar-refractivity contribution >= 4 is 52.1 Å². The molecule has 0 saturated carbocycles. The van der Waals surface area contributed by atoms with Crippen LogP contribution in [0.15, 0.2) is 60.7 Å². The molecule has 0 aliphatic heterocycles. The molecule has 0 aliphatic carbocycles. The molecule has 32 heavy (non-hydrogen) atoms. The fourth-order valence-electron chi connectivity index (χ4n) is 2.87. The van der Waals surface area contributed by atoms with E-state index in [0.717, 1.165) is 6.07 Å². The Labute approximate surface area is 194 Å². The maximum atomic E-state index is 13.4. The number of hydrogen-bond acceptors (Lipinski definition) is 4. The van der Waals surface area contributed by atoms with Crippen LogP contribution in [-0.2, 0) is 4.79 Å². The zero-order chi connectivity index (χ0) is 23.3. The Morgan fingerprint density at radius 1 is 0.969 bits per heavy atom. The second-order valence-corrected chi connectivity index (χ2v) is 7.70. The third kappa shape index (κ3) is 5.90. The van der Waals surface area contributed by atoms with Crippen molar-refractivity contribution < 1.29 is 18.7 Å². The molecule has 2 amide bonds. The minimum absolute atomic E-state index is 0.163. The van der Waals surface area contributed by atoms with Crippen molar-refractivity contribution in [3.8, 4) is 5.75 Å². The molecule has 0 saturated heterocycles. The van der Waals surface area contributed by atoms with Gasteiger partial charge in [0.2, 0.25) is 5.91 Å². The molecule has 3 rings (SSSR count). The van der Waals surface area contributed by atoms with Crippen molar-refractivity contribution in [1.82, 2.24) is 0 Å². The summed E-state index contributed by atoms with van der Waals surface area (Å²) in [6.45, 7) is 1.67. The summed E-state index contributed by atoms with van der Waals surface area (Å²) in [5.41, 5.74) is 1.48. The number of methoxy groups -OCH3 is 1. The summed E-state index contributed by atoms with van der Waals surface area (Å²) in [5.74, 6) is -0.945. The van der Waals surface area contributed by atoms with Crippen LogP contribution in [0.2, 0.25) is 10.0 Å². The number of hydrogen-bond donors (Lipinski definition) is 3. The van der Waals surface area contributed by atoms with Crippen LogP contribution in [0.5, 0.6) is 5.75 Å². The first-order chi connectivity index (χ1) is 15.3. The van der Waals surface area contributed by atoms with Gasteiger partial charge in [-0.05, 0) is 61.5 Å². The number of ether oxygens (including phenoxy) is 1. The third-order valence-electron chi connectivity index (χ3n) is 4.50. The van der Waals surface area contributed by atoms with Gasteiger partial charge >= 0.3 is 0 Å². The first-order valence-electron chi connectivity index (χ1n) is 9.54. The molecule has 9 heteroatoms. The molecule has 1 atom stereocenters. The van der Waals surface area contributed by atoms with Gasteiger partial charge in [0.25, 0.3) is 5.91 Å². The Morgan fingerprint density at radius 2 is 1.75 bits per heavy atom. The van der Waals surface area contributed by atoms with E-state index in [1.54, 1.807) is 43.3 Å². The third-order valence-corrected chi connectivity index (χ3v) is 5.06. The van der Waals surface area contributed by atoms with E-state index in [1.807, 2.05) is 0 Å². The van der Waals surface area contributed by atoms with Crippen molar-refractivity contribution in [2.75, 3.05) is 23.1 Å². The zero-order valence-electron chi connectivity index (χ0n) is 17.2. The maximum Gasteiger partial charge on any atom is 0.255 e. The van der Waals surface area contributed by atoms with Crippen molar-refractivity contribution in [1.29, 1.82) is 0 Å². The van der Waals surface area contributed by atoms with E-state index in [-0.39, 0.29) is 11.5 Å². The molecule has 0 bridgehead atoms. The zero-order valence-corrected chi connectivity index (χ0v) is 18.7. The fourth-order valence-corrected chi connectivity index (χ4v) is 3.21. The highest BCUT2D eigenvalue weighted by Crippen LogP contribution is 2.29. The number of benzene rings is 3. The summed E-state index contributed by atoms with van der Waals surface area (Å²) in [6.07, 6.45) is 0. The summed E-state index contributed by atoms with van der Waals surface area (Å²) in [4.78, 5) is 25.1. The molecule has 0 spiro atoms. The lowest BCUT2D eigenvalue weighted by molar-refractivity contribution is -0.116. The smallest absolute Gasteiger partial charge is 0.255 e. The van der Waals surface area contributed by atoms with Gasteiger partial charge in [0, 0.05) is 16.3 Å². The molecule has 0 aliphatic rings. The summed E-state index contributed by atoms with van der Waals surface area (Å²) in [6, 6.07) is 14.4. The van der Waals surface area contributed by atoms with Gasteiger partial charge in [-0.25, -0.2) is 4.39 Å². The van der Waals surface area contributed by atoms with E-state index in [9.17, 15) is 14.0 Å². The normalized spacial score (nSPS) is 11.4. The average Bonchev–Trinajstić information content (AvgIpc) is 2.76. The first kappa shape index (κ1) is 23.4. The summed E-state index contributed by atoms with van der Waals surface area (Å²) in [7, 11) is 1.46. The van der Waals surface area contributed by atoms with Crippen LogP contribution in [0.4, 0.5) is 21.5 Å². The highest BCUT2D eigenvalue weighted by Gasteiger charge is 2.16. The molecule has 6 nitrogen and oxygen atoms in total. The van der Waals surface area contributed by atoms with E-state index in [2.05, 4.69) is 16.0 Å². The fraction of sp³-hybridized carbons (Fsp3) is 0.130. The van der Waals surface area contributed by atoms with Gasteiger partial charge in [-0.1, -0.05) is 29.3 Å². The summed E-state index contributed by atoms with van der Waals surface area (Å²) in [5, 5.41) is 9.28. The van der Waals surface area contributed by atoms with Crippen molar-refractivity contribution in [3.63, 3.8) is 0 Å². The number of rotatable bonds is 7. The lowest BCUT2D eigenvalue weighted by Gasteiger charge is -2.18. The van der Waals surface area contributed by atoms with Crippen LogP contribution in [0.3, 0.4) is 0 Å². The monoisotopic (exact) mass is 475 g/mol. The lowest BCUT2D eigenvalue weighted by Crippen LogP contribution is -2.32. The first-order valence-corrected chi connectivity index (χ1v) is 10.3. The van der Waals surface area contributed by atoms with Gasteiger partial charge < -0.3 is 20.7 Å². The van der Waals surface area contributed by atoms with Gasteiger partial charge in [-0.3, -0.25) is 9.59 Å². The second-order valence-electron chi connectivity index (χ2n) is 6.86. The predicted octanol–water partition coefficient (Wildman–Crippen LogP) is 5.83. The minimum atomic E-state index is -0.648. The molecule has 0 aromatic heterocycles. The Bertz CT molecular complexity index is 1160. The molecule has 0 radical (unpaired) electrons. The molecular formula is C23H20Cl2FN3O3. The SMILES string of the molecule is COc1ccc(NC(C)C(=O)Nc2cc(Cl)ccc2Cl)cc1NC(=O)c1cccc(F)c1. The molecule has 3 N–H and O–H groups in total. The van der Waals surface area contributed by atoms with Crippen LogP contribution < -0.4 is 20.7 Å². The molecule has 0 heterocycles. The van der Waals surface area contributed by atoms with Gasteiger partial charge in [0.15, 0.2) is 0 Å². The van der Waals surface area contributed by atoms with Crippen LogP contribution in [0, 0.1) is 5.82 Å². The highest BCUT2D eigenvalue weighted by atomic mass is 35.5. The number of carbonyl (C=O) groups is 2. The average molecular weight is 476 g/mol. The predicted molar refractivity (Wildman–Crippen MR) is 126 cm³/mol. The van der Waals surface area contributed by atoms with E-state index in [1.165, 1.54) is 25.3 Å². The van der Waals surface area contributed by atoms with Crippen LogP contribution in [-0.4, -0.2) is 25.0 Å². The number of carbonyl (C=O) groups excluding carboxylic acids is 2. The topological polar surface area (TPSA) is 79.5 Å². The molecule has 3 aromatic rings. The summed E-state index contributed by atoms with van der Waals surface area (Å²) < 4.78 is 18.7. The molecule has 166 valence electrons. The van der Waals surface area contributed by atoms with Crippen molar-refractivity contribution in [2.45, 2.75) is 13.0 Å². The largest absolute Gasteiger partial charge is 0.495 e. The Balaban J connectivity index is 1.73. The lowest BCUT2D eigenvalue weighted by atomic mass is 10.2. The number of nitrogens with one attached hydrogen (secondary N) is 3. The molecule has 3 aromatic carbocycles. The van der Waals surface area contributed by atoms with Gasteiger partial charge in [-0.15, -0.1) is 0 Å². The Kier molecular flexibility index (Phi) is 7.56. The quantitative estimate of drug-likeness (QED) is 0.401. The van der Waals surface area contributed by atoms with Gasteiger partial charge in [0.05, 0.1) is 23.5 Å². The Morgan fingerprint density at radius 3 is 2.47 bits per heavy atom. The van der Waals surface area contributed by atoms with E-state index in [0.29, 0.717) is 32.9 Å². The molecule has 1 unspecified atom stereocenters. The van der Waals surface area contributed by atoms with Crippen LogP contribution >= 0.6 is 23.2 Å².